The number of nitrogens with two attached hydrogens (primary N) is 2. The van der Waals surface area contributed by atoms with Gasteiger partial charge >= 0.3 is 8.56 Å². The van der Waals surface area contributed by atoms with Gasteiger partial charge in [-0.25, -0.2) is 0 Å². The third-order valence-corrected chi connectivity index (χ3v) is 5.76. The van der Waals surface area contributed by atoms with Crippen molar-refractivity contribution in [3.05, 3.63) is 0 Å². The van der Waals surface area contributed by atoms with E-state index in [1.165, 1.54) is 0 Å². The maximum atomic E-state index is 9.92. The van der Waals surface area contributed by atoms with E-state index in [4.69, 9.17) is 20.3 Å². The highest BCUT2D eigenvalue weighted by atomic mass is 28.4. The molecule has 3 unspecified atom stereocenters. The maximum Gasteiger partial charge on any atom is 0.336 e. The smallest absolute Gasteiger partial charge is 0.336 e. The number of hydrogen-bond donors (Lipinski definition) is 4. The molecule has 0 fully saturated rings. The lowest BCUT2D eigenvalue weighted by atomic mass is 10.2. The fourth-order valence-electron chi connectivity index (χ4n) is 1.93. The monoisotopic (exact) mass is 293 g/mol. The highest BCUT2D eigenvalue weighted by Crippen LogP contribution is 2.19. The second-order valence-electron chi connectivity index (χ2n) is 4.91. The molecule has 6 N–H and O–H groups in total. The van der Waals surface area contributed by atoms with Gasteiger partial charge in [0, 0.05) is 19.7 Å². The molecule has 6 nitrogen and oxygen atoms in total. The van der Waals surface area contributed by atoms with Gasteiger partial charge in [-0.2, -0.15) is 0 Å². The van der Waals surface area contributed by atoms with Crippen molar-refractivity contribution in [3.8, 4) is 0 Å². The first kappa shape index (κ1) is 19.0. The molecule has 0 aromatic heterocycles. The van der Waals surface area contributed by atoms with Crippen molar-refractivity contribution in [3.63, 3.8) is 0 Å². The van der Waals surface area contributed by atoms with Crippen molar-refractivity contribution < 1.29 is 14.0 Å². The lowest BCUT2D eigenvalue weighted by Gasteiger charge is -2.29. The molecule has 0 radical (unpaired) electrons. The molecular formula is C12H31N3O3Si. The van der Waals surface area contributed by atoms with Gasteiger partial charge < -0.3 is 30.7 Å². The second kappa shape index (κ2) is 10.7. The van der Waals surface area contributed by atoms with Gasteiger partial charge in [0.05, 0.1) is 12.3 Å². The van der Waals surface area contributed by atoms with E-state index in [1.54, 1.807) is 6.92 Å². The van der Waals surface area contributed by atoms with Gasteiger partial charge in [0.15, 0.2) is 0 Å². The summed E-state index contributed by atoms with van der Waals surface area (Å²) in [4.78, 5) is 0. The van der Waals surface area contributed by atoms with E-state index < -0.39 is 8.56 Å². The van der Waals surface area contributed by atoms with Gasteiger partial charge in [-0.15, -0.1) is 0 Å². The number of aliphatic hydroxyl groups excluding tert-OH is 1. The zero-order chi connectivity index (χ0) is 14.7. The topological polar surface area (TPSA) is 103 Å². The van der Waals surface area contributed by atoms with Crippen LogP contribution in [0, 0.1) is 0 Å². The highest BCUT2D eigenvalue weighted by Gasteiger charge is 2.32. The Kier molecular flexibility index (Phi) is 10.7. The molecule has 0 amide bonds. The molecule has 0 spiro atoms. The average Bonchev–Trinajstić information content (AvgIpc) is 2.31. The van der Waals surface area contributed by atoms with E-state index in [0.717, 1.165) is 25.6 Å². The molecule has 0 aromatic rings. The number of aliphatic hydroxyl groups is 1. The van der Waals surface area contributed by atoms with Gasteiger partial charge in [-0.05, 0) is 45.8 Å². The quantitative estimate of drug-likeness (QED) is 0.231. The number of rotatable bonds is 12. The average molecular weight is 293 g/mol. The van der Waals surface area contributed by atoms with Crippen LogP contribution in [-0.2, 0) is 8.85 Å². The minimum absolute atomic E-state index is 0.327. The van der Waals surface area contributed by atoms with Crippen molar-refractivity contribution >= 4 is 8.56 Å². The lowest BCUT2D eigenvalue weighted by molar-refractivity contribution is 0.121. The van der Waals surface area contributed by atoms with E-state index in [9.17, 15) is 5.11 Å². The summed E-state index contributed by atoms with van der Waals surface area (Å²) in [6, 6.07) is 0.750. The Hall–Kier alpha value is -0.0231. The Morgan fingerprint density at radius 1 is 1.32 bits per heavy atom. The fraction of sp³-hybridized carbons (Fsp3) is 1.00. The van der Waals surface area contributed by atoms with Crippen LogP contribution in [0.1, 0.15) is 26.7 Å². The van der Waals surface area contributed by atoms with Crippen LogP contribution >= 0.6 is 0 Å². The van der Waals surface area contributed by atoms with E-state index >= 15 is 0 Å². The minimum Gasteiger partial charge on any atom is -0.395 e. The Labute approximate surface area is 118 Å². The molecular weight excluding hydrogens is 262 g/mol. The lowest BCUT2D eigenvalue weighted by Crippen LogP contribution is -2.44. The molecule has 0 aliphatic carbocycles. The molecule has 0 aromatic carbocycles. The summed E-state index contributed by atoms with van der Waals surface area (Å²) in [6.07, 6.45) is 0.731. The molecule has 0 rings (SSSR count). The van der Waals surface area contributed by atoms with Gasteiger partial charge in [0.25, 0.3) is 0 Å². The molecule has 0 bridgehead atoms. The predicted octanol–water partition coefficient (Wildman–Crippen LogP) is 0.106. The van der Waals surface area contributed by atoms with E-state index in [-0.39, 0.29) is 12.3 Å². The summed E-state index contributed by atoms with van der Waals surface area (Å²) < 4.78 is 11.4. The van der Waals surface area contributed by atoms with Crippen LogP contribution in [0.3, 0.4) is 0 Å². The van der Waals surface area contributed by atoms with Crippen molar-refractivity contribution in [1.29, 1.82) is 0 Å². The van der Waals surface area contributed by atoms with Gasteiger partial charge in [0.1, 0.15) is 0 Å². The summed E-state index contributed by atoms with van der Waals surface area (Å²) in [6.45, 7) is 8.54. The molecule has 116 valence electrons. The molecule has 0 aliphatic rings. The number of nitrogens with one attached hydrogen (secondary N) is 1. The maximum absolute atomic E-state index is 9.92. The van der Waals surface area contributed by atoms with Crippen LogP contribution in [0.25, 0.3) is 0 Å². The first-order valence-corrected chi connectivity index (χ1v) is 9.62. The fourth-order valence-corrected chi connectivity index (χ4v) is 4.52. The predicted molar refractivity (Wildman–Crippen MR) is 80.0 cm³/mol. The zero-order valence-electron chi connectivity index (χ0n) is 12.5. The molecule has 0 saturated heterocycles. The van der Waals surface area contributed by atoms with Crippen LogP contribution in [0.5, 0.6) is 0 Å². The summed E-state index contributed by atoms with van der Waals surface area (Å²) in [7, 11) is -2.26. The summed E-state index contributed by atoms with van der Waals surface area (Å²) in [5, 5.41) is 13.1. The van der Waals surface area contributed by atoms with Crippen LogP contribution < -0.4 is 16.8 Å². The summed E-state index contributed by atoms with van der Waals surface area (Å²) in [5.74, 6) is 0. The van der Waals surface area contributed by atoms with Crippen molar-refractivity contribution in [1.82, 2.24) is 5.32 Å². The molecule has 0 saturated carbocycles. The van der Waals surface area contributed by atoms with E-state index in [1.807, 2.05) is 13.5 Å². The summed E-state index contributed by atoms with van der Waals surface area (Å²) in [5.41, 5.74) is 11.1. The second-order valence-corrected chi connectivity index (χ2v) is 8.20. The van der Waals surface area contributed by atoms with Crippen molar-refractivity contribution in [2.45, 2.75) is 51.6 Å². The first-order chi connectivity index (χ1) is 8.93. The van der Waals surface area contributed by atoms with Gasteiger partial charge in [0.2, 0.25) is 0 Å². The SMILES string of the molecule is CCO[Si](C)(CCC(O)CCNCCN)OC(C)N. The standard InChI is InChI=1S/C12H31N3O3Si/c1-4-17-19(3,18-11(2)14)10-6-12(16)5-8-15-9-7-13/h11-12,15-16H,4-10,13-14H2,1-3H3. The minimum atomic E-state index is -2.26. The highest BCUT2D eigenvalue weighted by molar-refractivity contribution is 6.66. The van der Waals surface area contributed by atoms with Crippen LogP contribution in [0.2, 0.25) is 12.6 Å². The third kappa shape index (κ3) is 10.4. The first-order valence-electron chi connectivity index (χ1n) is 7.09. The molecule has 0 aliphatic heterocycles. The molecule has 7 heteroatoms. The molecule has 3 atom stereocenters. The summed E-state index contributed by atoms with van der Waals surface area (Å²) >= 11 is 0. The Morgan fingerprint density at radius 2 is 2.00 bits per heavy atom. The van der Waals surface area contributed by atoms with Crippen molar-refractivity contribution in [2.24, 2.45) is 11.5 Å². The van der Waals surface area contributed by atoms with Crippen LogP contribution in [0.15, 0.2) is 0 Å². The third-order valence-electron chi connectivity index (χ3n) is 2.79. The molecule has 0 heterocycles. The normalized spacial score (nSPS) is 18.0. The van der Waals surface area contributed by atoms with Crippen LogP contribution in [-0.4, -0.2) is 52.2 Å². The molecule has 19 heavy (non-hydrogen) atoms. The Bertz CT molecular complexity index is 222. The Balaban J connectivity index is 3.95. The number of hydrogen-bond acceptors (Lipinski definition) is 6. The largest absolute Gasteiger partial charge is 0.395 e. The Morgan fingerprint density at radius 3 is 2.53 bits per heavy atom. The zero-order valence-corrected chi connectivity index (χ0v) is 13.5. The van der Waals surface area contributed by atoms with E-state index in [0.29, 0.717) is 19.6 Å². The van der Waals surface area contributed by atoms with Crippen LogP contribution in [0.4, 0.5) is 0 Å². The van der Waals surface area contributed by atoms with Gasteiger partial charge in [-0.3, -0.25) is 0 Å². The van der Waals surface area contributed by atoms with Crippen molar-refractivity contribution in [2.75, 3.05) is 26.2 Å². The van der Waals surface area contributed by atoms with E-state index in [2.05, 4.69) is 5.32 Å². The van der Waals surface area contributed by atoms with Gasteiger partial charge in [-0.1, -0.05) is 0 Å².